The zero-order valence-corrected chi connectivity index (χ0v) is 12.5. The maximum absolute atomic E-state index is 5.45. The Labute approximate surface area is 121 Å². The second-order valence-electron chi connectivity index (χ2n) is 6.65. The zero-order valence-electron chi connectivity index (χ0n) is 12.5. The van der Waals surface area contributed by atoms with Gasteiger partial charge in [-0.15, -0.1) is 0 Å². The Hall–Kier alpha value is -1.54. The highest BCUT2D eigenvalue weighted by atomic mass is 16.3. The van der Waals surface area contributed by atoms with Crippen LogP contribution in [0.5, 0.6) is 0 Å². The van der Waals surface area contributed by atoms with Crippen molar-refractivity contribution in [3.63, 3.8) is 0 Å². The molecule has 2 aromatic rings. The summed E-state index contributed by atoms with van der Waals surface area (Å²) >= 11 is 0. The Kier molecular flexibility index (Phi) is 3.43. The SMILES string of the molecule is CC(Cc1ccco1)NC1c2ccccc2CC1(C)C. The van der Waals surface area contributed by atoms with Crippen LogP contribution in [0.1, 0.15) is 43.7 Å². The quantitative estimate of drug-likeness (QED) is 0.903. The molecule has 2 heteroatoms. The van der Waals surface area contributed by atoms with E-state index < -0.39 is 0 Å². The van der Waals surface area contributed by atoms with E-state index in [1.54, 1.807) is 6.26 Å². The summed E-state index contributed by atoms with van der Waals surface area (Å²) in [6, 6.07) is 13.6. The van der Waals surface area contributed by atoms with E-state index in [2.05, 4.69) is 50.4 Å². The summed E-state index contributed by atoms with van der Waals surface area (Å²) in [6.07, 6.45) is 3.83. The highest BCUT2D eigenvalue weighted by Gasteiger charge is 2.38. The number of furan rings is 1. The van der Waals surface area contributed by atoms with Crippen LogP contribution in [-0.2, 0) is 12.8 Å². The van der Waals surface area contributed by atoms with Gasteiger partial charge < -0.3 is 9.73 Å². The summed E-state index contributed by atoms with van der Waals surface area (Å²) in [5, 5.41) is 3.80. The van der Waals surface area contributed by atoms with Gasteiger partial charge in [0.25, 0.3) is 0 Å². The van der Waals surface area contributed by atoms with Gasteiger partial charge in [-0.3, -0.25) is 0 Å². The normalized spacial score (nSPS) is 21.6. The lowest BCUT2D eigenvalue weighted by Crippen LogP contribution is -2.38. The summed E-state index contributed by atoms with van der Waals surface area (Å²) in [6.45, 7) is 6.94. The summed E-state index contributed by atoms with van der Waals surface area (Å²) in [4.78, 5) is 0. The monoisotopic (exact) mass is 269 g/mol. The molecule has 0 bridgehead atoms. The van der Waals surface area contributed by atoms with E-state index in [9.17, 15) is 0 Å². The third-order valence-corrected chi connectivity index (χ3v) is 4.33. The smallest absolute Gasteiger partial charge is 0.105 e. The maximum atomic E-state index is 5.45. The largest absolute Gasteiger partial charge is 0.469 e. The standard InChI is InChI=1S/C18H23NO/c1-13(11-15-8-6-10-20-15)19-17-16-9-5-4-7-14(16)12-18(17,2)3/h4-10,13,17,19H,11-12H2,1-3H3. The predicted molar refractivity (Wildman–Crippen MR) is 81.7 cm³/mol. The zero-order chi connectivity index (χ0) is 14.2. The minimum atomic E-state index is 0.265. The van der Waals surface area contributed by atoms with E-state index in [1.807, 2.05) is 12.1 Å². The summed E-state index contributed by atoms with van der Waals surface area (Å²) in [5.74, 6) is 1.05. The molecule has 2 unspecified atom stereocenters. The molecule has 1 aliphatic rings. The van der Waals surface area contributed by atoms with Gasteiger partial charge in [0.05, 0.1) is 6.26 Å². The van der Waals surface area contributed by atoms with E-state index in [1.165, 1.54) is 11.1 Å². The molecule has 0 fully saturated rings. The first-order valence-corrected chi connectivity index (χ1v) is 7.42. The first-order valence-electron chi connectivity index (χ1n) is 7.42. The molecule has 0 saturated heterocycles. The number of benzene rings is 1. The highest BCUT2D eigenvalue weighted by molar-refractivity contribution is 5.37. The number of rotatable bonds is 4. The lowest BCUT2D eigenvalue weighted by atomic mass is 9.85. The van der Waals surface area contributed by atoms with Crippen molar-refractivity contribution < 1.29 is 4.42 Å². The maximum Gasteiger partial charge on any atom is 0.105 e. The van der Waals surface area contributed by atoms with Crippen molar-refractivity contribution >= 4 is 0 Å². The van der Waals surface area contributed by atoms with Crippen molar-refractivity contribution in [2.75, 3.05) is 0 Å². The molecule has 0 saturated carbocycles. The van der Waals surface area contributed by atoms with Crippen LogP contribution in [0, 0.1) is 5.41 Å². The van der Waals surface area contributed by atoms with Crippen molar-refractivity contribution in [1.29, 1.82) is 0 Å². The van der Waals surface area contributed by atoms with Crippen molar-refractivity contribution in [2.24, 2.45) is 5.41 Å². The fraction of sp³-hybridized carbons (Fsp3) is 0.444. The summed E-state index contributed by atoms with van der Waals surface area (Å²) in [5.41, 5.74) is 3.21. The van der Waals surface area contributed by atoms with Crippen LogP contribution >= 0.6 is 0 Å². The molecule has 106 valence electrons. The Balaban J connectivity index is 1.75. The minimum absolute atomic E-state index is 0.265. The third-order valence-electron chi connectivity index (χ3n) is 4.33. The molecule has 1 heterocycles. The van der Waals surface area contributed by atoms with Crippen LogP contribution in [0.2, 0.25) is 0 Å². The second kappa shape index (κ2) is 5.10. The average Bonchev–Trinajstić information content (AvgIpc) is 2.97. The van der Waals surface area contributed by atoms with Crippen molar-refractivity contribution in [2.45, 2.75) is 45.7 Å². The topological polar surface area (TPSA) is 25.2 Å². The molecule has 1 N–H and O–H groups in total. The van der Waals surface area contributed by atoms with E-state index >= 15 is 0 Å². The molecule has 2 nitrogen and oxygen atoms in total. The van der Waals surface area contributed by atoms with Crippen molar-refractivity contribution in [1.82, 2.24) is 5.32 Å². The number of fused-ring (bicyclic) bond motifs is 1. The first-order chi connectivity index (χ1) is 9.56. The molecule has 1 aromatic carbocycles. The highest BCUT2D eigenvalue weighted by Crippen LogP contribution is 2.45. The molecule has 20 heavy (non-hydrogen) atoms. The Morgan fingerprint density at radius 3 is 2.80 bits per heavy atom. The lowest BCUT2D eigenvalue weighted by molar-refractivity contribution is 0.248. The molecule has 0 radical (unpaired) electrons. The molecule has 2 atom stereocenters. The lowest BCUT2D eigenvalue weighted by Gasteiger charge is -2.31. The van der Waals surface area contributed by atoms with Crippen LogP contribution in [0.4, 0.5) is 0 Å². The van der Waals surface area contributed by atoms with Crippen LogP contribution in [-0.4, -0.2) is 6.04 Å². The van der Waals surface area contributed by atoms with Crippen molar-refractivity contribution in [3.8, 4) is 0 Å². The molecule has 1 aliphatic carbocycles. The van der Waals surface area contributed by atoms with Gasteiger partial charge in [0.1, 0.15) is 5.76 Å². The molecule has 0 aliphatic heterocycles. The molecular weight excluding hydrogens is 246 g/mol. The molecule has 1 aromatic heterocycles. The molecule has 3 rings (SSSR count). The second-order valence-corrected chi connectivity index (χ2v) is 6.65. The minimum Gasteiger partial charge on any atom is -0.469 e. The van der Waals surface area contributed by atoms with Gasteiger partial charge in [-0.05, 0) is 42.0 Å². The number of nitrogens with one attached hydrogen (secondary N) is 1. The average molecular weight is 269 g/mol. The van der Waals surface area contributed by atoms with Crippen LogP contribution < -0.4 is 5.32 Å². The van der Waals surface area contributed by atoms with Gasteiger partial charge in [-0.2, -0.15) is 0 Å². The molecule has 0 spiro atoms. The van der Waals surface area contributed by atoms with Crippen LogP contribution in [0.3, 0.4) is 0 Å². The number of hydrogen-bond donors (Lipinski definition) is 1. The van der Waals surface area contributed by atoms with Gasteiger partial charge >= 0.3 is 0 Å². The van der Waals surface area contributed by atoms with Crippen LogP contribution in [0.25, 0.3) is 0 Å². The van der Waals surface area contributed by atoms with Gasteiger partial charge in [0.15, 0.2) is 0 Å². The number of hydrogen-bond acceptors (Lipinski definition) is 2. The van der Waals surface area contributed by atoms with Gasteiger partial charge in [0, 0.05) is 18.5 Å². The van der Waals surface area contributed by atoms with Crippen molar-refractivity contribution in [3.05, 3.63) is 59.5 Å². The first kappa shape index (κ1) is 13.4. The summed E-state index contributed by atoms with van der Waals surface area (Å²) in [7, 11) is 0. The fourth-order valence-corrected chi connectivity index (χ4v) is 3.38. The predicted octanol–water partition coefficient (Wildman–Crippen LogP) is 4.12. The van der Waals surface area contributed by atoms with E-state index in [4.69, 9.17) is 4.42 Å². The van der Waals surface area contributed by atoms with Gasteiger partial charge in [-0.25, -0.2) is 0 Å². The van der Waals surface area contributed by atoms with Gasteiger partial charge in [-0.1, -0.05) is 38.1 Å². The molecule has 0 amide bonds. The van der Waals surface area contributed by atoms with E-state index in [0.29, 0.717) is 12.1 Å². The Bertz CT molecular complexity index is 571. The summed E-state index contributed by atoms with van der Waals surface area (Å²) < 4.78 is 5.45. The van der Waals surface area contributed by atoms with E-state index in [0.717, 1.165) is 18.6 Å². The van der Waals surface area contributed by atoms with Crippen LogP contribution in [0.15, 0.2) is 47.1 Å². The Morgan fingerprint density at radius 2 is 2.05 bits per heavy atom. The third kappa shape index (κ3) is 2.53. The molecular formula is C18H23NO. The fourth-order valence-electron chi connectivity index (χ4n) is 3.38. The Morgan fingerprint density at radius 1 is 1.25 bits per heavy atom. The van der Waals surface area contributed by atoms with Gasteiger partial charge in [0.2, 0.25) is 0 Å². The van der Waals surface area contributed by atoms with E-state index in [-0.39, 0.29) is 5.41 Å².